The van der Waals surface area contributed by atoms with Gasteiger partial charge in [-0.2, -0.15) is 0 Å². The minimum atomic E-state index is -0.456. The number of hydrogen-bond acceptors (Lipinski definition) is 2. The third-order valence-electron chi connectivity index (χ3n) is 2.08. The first-order valence-corrected chi connectivity index (χ1v) is 6.62. The molecule has 2 aromatic rings. The van der Waals surface area contributed by atoms with Crippen LogP contribution in [0.25, 0.3) is 0 Å². The number of rotatable bonds is 2. The Morgan fingerprint density at radius 2 is 1.83 bits per heavy atom. The summed E-state index contributed by atoms with van der Waals surface area (Å²) in [4.78, 5) is 11.8. The van der Waals surface area contributed by atoms with Gasteiger partial charge < -0.3 is 9.73 Å². The molecule has 0 aliphatic rings. The normalized spacial score (nSPS) is 10.4. The van der Waals surface area contributed by atoms with E-state index in [0.717, 1.165) is 0 Å². The summed E-state index contributed by atoms with van der Waals surface area (Å²) in [6, 6.07) is 6.25. The van der Waals surface area contributed by atoms with Crippen LogP contribution in [0.3, 0.4) is 0 Å². The molecule has 1 aromatic heterocycles. The van der Waals surface area contributed by atoms with Crippen molar-refractivity contribution in [3.05, 3.63) is 49.8 Å². The molecule has 0 aliphatic heterocycles. The fourth-order valence-corrected chi connectivity index (χ4v) is 2.21. The summed E-state index contributed by atoms with van der Waals surface area (Å²) in [5.41, 5.74) is 0.391. The summed E-state index contributed by atoms with van der Waals surface area (Å²) in [7, 11) is 0. The molecule has 1 aromatic carbocycles. The minimum absolute atomic E-state index is 0.0927. The van der Waals surface area contributed by atoms with E-state index in [1.165, 1.54) is 12.1 Å². The first-order valence-electron chi connectivity index (χ1n) is 4.69. The maximum absolute atomic E-state index is 11.8. The third kappa shape index (κ3) is 2.83. The van der Waals surface area contributed by atoms with Gasteiger partial charge in [-0.15, -0.1) is 0 Å². The number of benzene rings is 1. The molecule has 0 aliphatic carbocycles. The zero-order chi connectivity index (χ0) is 13.3. The van der Waals surface area contributed by atoms with Crippen molar-refractivity contribution in [2.75, 3.05) is 5.32 Å². The van der Waals surface area contributed by atoms with Crippen LogP contribution in [0.5, 0.6) is 0 Å². The second kappa shape index (κ2) is 5.53. The highest BCUT2D eigenvalue weighted by atomic mass is 79.9. The van der Waals surface area contributed by atoms with Crippen molar-refractivity contribution in [2.24, 2.45) is 0 Å². The molecule has 0 radical (unpaired) electrons. The average Bonchev–Trinajstić information content (AvgIpc) is 2.77. The monoisotopic (exact) mass is 367 g/mol. The molecule has 94 valence electrons. The van der Waals surface area contributed by atoms with E-state index in [9.17, 15) is 4.79 Å². The number of hydrogen-bond donors (Lipinski definition) is 1. The molecule has 0 fully saturated rings. The van der Waals surface area contributed by atoms with Crippen molar-refractivity contribution in [1.29, 1.82) is 0 Å². The van der Waals surface area contributed by atoms with E-state index < -0.39 is 5.91 Å². The lowest BCUT2D eigenvalue weighted by Gasteiger charge is -2.08. The largest absolute Gasteiger partial charge is 0.440 e. The van der Waals surface area contributed by atoms with Crippen LogP contribution in [0.4, 0.5) is 5.69 Å². The molecule has 1 amide bonds. The van der Waals surface area contributed by atoms with Gasteiger partial charge in [-0.25, -0.2) is 0 Å². The second-order valence-corrected chi connectivity index (χ2v) is 5.26. The average molecular weight is 369 g/mol. The molecular formula is C11H5BrCl3NO2. The predicted molar refractivity (Wildman–Crippen MR) is 75.8 cm³/mol. The van der Waals surface area contributed by atoms with Gasteiger partial charge in [0.1, 0.15) is 0 Å². The summed E-state index contributed by atoms with van der Waals surface area (Å²) in [5.74, 6) is -0.364. The lowest BCUT2D eigenvalue weighted by Crippen LogP contribution is -2.11. The van der Waals surface area contributed by atoms with Crippen molar-refractivity contribution in [3.8, 4) is 0 Å². The topological polar surface area (TPSA) is 42.2 Å². The highest BCUT2D eigenvalue weighted by molar-refractivity contribution is 9.10. The van der Waals surface area contributed by atoms with Crippen molar-refractivity contribution in [3.63, 3.8) is 0 Å². The molecule has 0 bridgehead atoms. The van der Waals surface area contributed by atoms with Crippen LogP contribution in [0, 0.1) is 0 Å². The number of halogens is 4. The molecule has 0 spiro atoms. The molecule has 1 heterocycles. The summed E-state index contributed by atoms with van der Waals surface area (Å²) < 4.78 is 5.63. The van der Waals surface area contributed by atoms with Crippen LogP contribution in [-0.2, 0) is 0 Å². The number of anilines is 1. The van der Waals surface area contributed by atoms with Gasteiger partial charge in [-0.05, 0) is 51.8 Å². The maximum Gasteiger partial charge on any atom is 0.291 e. The van der Waals surface area contributed by atoms with E-state index in [1.54, 1.807) is 12.1 Å². The van der Waals surface area contributed by atoms with E-state index in [2.05, 4.69) is 21.2 Å². The van der Waals surface area contributed by atoms with Crippen LogP contribution in [-0.4, -0.2) is 5.91 Å². The van der Waals surface area contributed by atoms with E-state index >= 15 is 0 Å². The van der Waals surface area contributed by atoms with Crippen LogP contribution in [0.1, 0.15) is 10.6 Å². The van der Waals surface area contributed by atoms with Crippen LogP contribution < -0.4 is 5.32 Å². The predicted octanol–water partition coefficient (Wildman–Crippen LogP) is 5.25. The molecule has 2 rings (SSSR count). The van der Waals surface area contributed by atoms with E-state index in [1.807, 2.05) is 0 Å². The Morgan fingerprint density at radius 3 is 2.44 bits per heavy atom. The molecule has 0 unspecified atom stereocenters. The van der Waals surface area contributed by atoms with Gasteiger partial charge in [0, 0.05) is 4.47 Å². The fraction of sp³-hybridized carbons (Fsp3) is 0. The third-order valence-corrected chi connectivity index (χ3v) is 4.05. The van der Waals surface area contributed by atoms with Crippen LogP contribution in [0.15, 0.2) is 33.2 Å². The van der Waals surface area contributed by atoms with Crippen molar-refractivity contribution in [2.45, 2.75) is 0 Å². The Morgan fingerprint density at radius 1 is 1.11 bits per heavy atom. The number of nitrogens with one attached hydrogen (secondary N) is 1. The zero-order valence-corrected chi connectivity index (χ0v) is 12.5. The van der Waals surface area contributed by atoms with E-state index in [4.69, 9.17) is 39.2 Å². The van der Waals surface area contributed by atoms with Crippen molar-refractivity contribution >= 4 is 62.3 Å². The van der Waals surface area contributed by atoms with Crippen LogP contribution in [0.2, 0.25) is 15.3 Å². The minimum Gasteiger partial charge on any atom is -0.440 e. The van der Waals surface area contributed by atoms with Gasteiger partial charge in [-0.1, -0.05) is 23.2 Å². The summed E-state index contributed by atoms with van der Waals surface area (Å²) in [5, 5.41) is 3.29. The molecule has 0 saturated heterocycles. The Kier molecular flexibility index (Phi) is 4.22. The number of furan rings is 1. The molecular weight excluding hydrogens is 364 g/mol. The van der Waals surface area contributed by atoms with Gasteiger partial charge in [0.2, 0.25) is 0 Å². The van der Waals surface area contributed by atoms with E-state index in [-0.39, 0.29) is 16.0 Å². The highest BCUT2D eigenvalue weighted by Gasteiger charge is 2.14. The van der Waals surface area contributed by atoms with Gasteiger partial charge in [0.05, 0.1) is 15.7 Å². The summed E-state index contributed by atoms with van der Waals surface area (Å²) in [6.45, 7) is 0. The Balaban J connectivity index is 2.25. The first kappa shape index (κ1) is 13.7. The summed E-state index contributed by atoms with van der Waals surface area (Å²) >= 11 is 20.8. The van der Waals surface area contributed by atoms with Crippen LogP contribution >= 0.6 is 50.7 Å². The van der Waals surface area contributed by atoms with Crippen molar-refractivity contribution < 1.29 is 9.21 Å². The number of carbonyl (C=O) groups excluding carboxylic acids is 1. The highest BCUT2D eigenvalue weighted by Crippen LogP contribution is 2.36. The standard InChI is InChI=1S/C11H5BrCl3NO2/c12-5-1-2-6(10(15)9(5)14)16-11(17)7-3-4-8(13)18-7/h1-4H,(H,16,17). The van der Waals surface area contributed by atoms with Gasteiger partial charge in [0.25, 0.3) is 5.91 Å². The number of amides is 1. The molecule has 1 N–H and O–H groups in total. The Hall–Kier alpha value is -0.680. The second-order valence-electron chi connectivity index (χ2n) is 3.28. The Labute approximate surface area is 126 Å². The quantitative estimate of drug-likeness (QED) is 0.734. The molecule has 18 heavy (non-hydrogen) atoms. The molecule has 0 atom stereocenters. The molecule has 0 saturated carbocycles. The van der Waals surface area contributed by atoms with Gasteiger partial charge in [0.15, 0.2) is 11.0 Å². The molecule has 3 nitrogen and oxygen atoms in total. The fourth-order valence-electron chi connectivity index (χ4n) is 1.24. The lowest BCUT2D eigenvalue weighted by atomic mass is 10.3. The van der Waals surface area contributed by atoms with Gasteiger partial charge in [-0.3, -0.25) is 4.79 Å². The first-order chi connectivity index (χ1) is 8.49. The van der Waals surface area contributed by atoms with Crippen molar-refractivity contribution in [1.82, 2.24) is 0 Å². The smallest absolute Gasteiger partial charge is 0.291 e. The SMILES string of the molecule is O=C(Nc1ccc(Br)c(Cl)c1Cl)c1ccc(Cl)o1. The van der Waals surface area contributed by atoms with Gasteiger partial charge >= 0.3 is 0 Å². The number of carbonyl (C=O) groups is 1. The Bertz CT molecular complexity index is 612. The molecule has 7 heteroatoms. The lowest BCUT2D eigenvalue weighted by molar-refractivity contribution is 0.0997. The maximum atomic E-state index is 11.8. The van der Waals surface area contributed by atoms with E-state index in [0.29, 0.717) is 15.2 Å². The summed E-state index contributed by atoms with van der Waals surface area (Å²) in [6.07, 6.45) is 0. The zero-order valence-electron chi connectivity index (χ0n) is 8.64.